The lowest BCUT2D eigenvalue weighted by Crippen LogP contribution is -2.55. The summed E-state index contributed by atoms with van der Waals surface area (Å²) >= 11 is 0. The van der Waals surface area contributed by atoms with Crippen molar-refractivity contribution in [1.82, 2.24) is 14.9 Å². The van der Waals surface area contributed by atoms with Crippen molar-refractivity contribution in [2.24, 2.45) is 5.41 Å². The first kappa shape index (κ1) is 17.7. The summed E-state index contributed by atoms with van der Waals surface area (Å²) in [4.78, 5) is 25.7. The molecule has 0 aromatic carbocycles. The summed E-state index contributed by atoms with van der Waals surface area (Å²) < 4.78 is 0. The molecule has 0 unspecified atom stereocenters. The number of hydrogen-bond acceptors (Lipinski definition) is 5. The van der Waals surface area contributed by atoms with Crippen LogP contribution in [-0.2, 0) is 4.79 Å². The Bertz CT molecular complexity index is 649. The van der Waals surface area contributed by atoms with E-state index in [9.17, 15) is 9.90 Å². The van der Waals surface area contributed by atoms with Crippen molar-refractivity contribution in [3.63, 3.8) is 0 Å². The lowest BCUT2D eigenvalue weighted by Gasteiger charge is -2.50. The highest BCUT2D eigenvalue weighted by atomic mass is 16.3. The van der Waals surface area contributed by atoms with E-state index in [1.807, 2.05) is 6.92 Å². The average molecular weight is 358 g/mol. The molecule has 2 aliphatic heterocycles. The van der Waals surface area contributed by atoms with Gasteiger partial charge in [0.15, 0.2) is 0 Å². The van der Waals surface area contributed by atoms with Gasteiger partial charge in [0.05, 0.1) is 6.10 Å². The van der Waals surface area contributed by atoms with Crippen LogP contribution in [0.4, 0.5) is 5.82 Å². The van der Waals surface area contributed by atoms with Crippen LogP contribution >= 0.6 is 0 Å². The van der Waals surface area contributed by atoms with Gasteiger partial charge in [0.25, 0.3) is 0 Å². The van der Waals surface area contributed by atoms with E-state index in [1.165, 1.54) is 0 Å². The van der Waals surface area contributed by atoms with Crippen LogP contribution in [0.5, 0.6) is 0 Å². The number of aromatic nitrogens is 2. The number of amides is 1. The number of piperidine rings is 2. The number of rotatable bonds is 2. The van der Waals surface area contributed by atoms with Crippen molar-refractivity contribution in [2.45, 2.75) is 70.4 Å². The summed E-state index contributed by atoms with van der Waals surface area (Å²) in [5.41, 5.74) is 1.27. The number of nitrogens with zero attached hydrogens (tertiary/aromatic N) is 4. The molecule has 4 rings (SSSR count). The molecule has 6 heteroatoms. The van der Waals surface area contributed by atoms with Crippen LogP contribution in [0.2, 0.25) is 0 Å². The molecule has 26 heavy (non-hydrogen) atoms. The van der Waals surface area contributed by atoms with Crippen LogP contribution in [-0.4, -0.2) is 57.7 Å². The van der Waals surface area contributed by atoms with Gasteiger partial charge in [-0.15, -0.1) is 0 Å². The second-order valence-electron chi connectivity index (χ2n) is 8.49. The van der Waals surface area contributed by atoms with E-state index in [2.05, 4.69) is 25.8 Å². The van der Waals surface area contributed by atoms with E-state index in [0.29, 0.717) is 18.4 Å². The summed E-state index contributed by atoms with van der Waals surface area (Å²) in [6.07, 6.45) is 9.01. The SMILES string of the molecule is Cc1cc(N2CCC3(CCC(=O)N(C4CCC(O)CC4)C3)CC2)ncn1. The summed E-state index contributed by atoms with van der Waals surface area (Å²) in [5, 5.41) is 9.77. The fourth-order valence-corrected chi connectivity index (χ4v) is 4.98. The molecular formula is C20H30N4O2. The number of anilines is 1. The molecule has 1 amide bonds. The molecule has 3 aliphatic rings. The fourth-order valence-electron chi connectivity index (χ4n) is 4.98. The summed E-state index contributed by atoms with van der Waals surface area (Å²) in [5.74, 6) is 1.35. The van der Waals surface area contributed by atoms with Crippen LogP contribution in [0.3, 0.4) is 0 Å². The van der Waals surface area contributed by atoms with Gasteiger partial charge >= 0.3 is 0 Å². The van der Waals surface area contributed by atoms with Gasteiger partial charge in [-0.1, -0.05) is 0 Å². The van der Waals surface area contributed by atoms with Gasteiger partial charge in [0, 0.05) is 43.9 Å². The number of hydrogen-bond donors (Lipinski definition) is 1. The number of aliphatic hydroxyl groups is 1. The molecule has 142 valence electrons. The second-order valence-corrected chi connectivity index (χ2v) is 8.49. The fraction of sp³-hybridized carbons (Fsp3) is 0.750. The number of likely N-dealkylation sites (tertiary alicyclic amines) is 1. The lowest BCUT2D eigenvalue weighted by atomic mass is 9.71. The van der Waals surface area contributed by atoms with E-state index in [-0.39, 0.29) is 11.5 Å². The average Bonchev–Trinajstić information content (AvgIpc) is 2.65. The minimum Gasteiger partial charge on any atom is -0.393 e. The van der Waals surface area contributed by atoms with Crippen molar-refractivity contribution in [1.29, 1.82) is 0 Å². The van der Waals surface area contributed by atoms with Gasteiger partial charge < -0.3 is 14.9 Å². The number of aliphatic hydroxyl groups excluding tert-OH is 1. The molecular weight excluding hydrogens is 328 g/mol. The standard InChI is InChI=1S/C20H30N4O2/c1-15-12-18(22-14-21-15)23-10-8-20(9-11-23)7-6-19(26)24(13-20)16-2-4-17(25)5-3-16/h12,14,16-17,25H,2-11,13H2,1H3. The quantitative estimate of drug-likeness (QED) is 0.878. The molecule has 2 saturated heterocycles. The van der Waals surface area contributed by atoms with Crippen LogP contribution in [0.25, 0.3) is 0 Å². The first-order chi connectivity index (χ1) is 12.5. The maximum absolute atomic E-state index is 12.6. The number of carbonyl (C=O) groups is 1. The Hall–Kier alpha value is -1.69. The highest BCUT2D eigenvalue weighted by Crippen LogP contribution is 2.42. The first-order valence-electron chi connectivity index (χ1n) is 10.1. The molecule has 3 fully saturated rings. The Labute approximate surface area is 155 Å². The third-order valence-corrected chi connectivity index (χ3v) is 6.74. The molecule has 1 aromatic rings. The van der Waals surface area contributed by atoms with Crippen molar-refractivity contribution in [3.05, 3.63) is 18.1 Å². The Morgan fingerprint density at radius 3 is 2.54 bits per heavy atom. The van der Waals surface area contributed by atoms with E-state index >= 15 is 0 Å². The van der Waals surface area contributed by atoms with Gasteiger partial charge in [-0.2, -0.15) is 0 Å². The Morgan fingerprint density at radius 1 is 1.12 bits per heavy atom. The molecule has 1 N–H and O–H groups in total. The minimum absolute atomic E-state index is 0.167. The molecule has 0 bridgehead atoms. The smallest absolute Gasteiger partial charge is 0.222 e. The lowest BCUT2D eigenvalue weighted by molar-refractivity contribution is -0.142. The van der Waals surface area contributed by atoms with Crippen molar-refractivity contribution in [3.8, 4) is 0 Å². The third kappa shape index (κ3) is 3.56. The Kier molecular flexibility index (Phi) is 4.86. The second kappa shape index (κ2) is 7.14. The van der Waals surface area contributed by atoms with Gasteiger partial charge in [-0.25, -0.2) is 9.97 Å². The van der Waals surface area contributed by atoms with Crippen molar-refractivity contribution < 1.29 is 9.90 Å². The predicted molar refractivity (Wildman–Crippen MR) is 99.9 cm³/mol. The van der Waals surface area contributed by atoms with E-state index < -0.39 is 0 Å². The maximum Gasteiger partial charge on any atom is 0.222 e. The van der Waals surface area contributed by atoms with Gasteiger partial charge in [0.2, 0.25) is 5.91 Å². The van der Waals surface area contributed by atoms with Crippen molar-refractivity contribution >= 4 is 11.7 Å². The molecule has 1 aliphatic carbocycles. The summed E-state index contributed by atoms with van der Waals surface area (Å²) in [6, 6.07) is 2.40. The molecule has 6 nitrogen and oxygen atoms in total. The molecule has 3 heterocycles. The zero-order valence-corrected chi connectivity index (χ0v) is 15.7. The van der Waals surface area contributed by atoms with Crippen LogP contribution < -0.4 is 4.90 Å². The summed E-state index contributed by atoms with van der Waals surface area (Å²) in [6.45, 7) is 4.91. The van der Waals surface area contributed by atoms with Crippen LogP contribution in [0.15, 0.2) is 12.4 Å². The highest BCUT2D eigenvalue weighted by Gasteiger charge is 2.43. The zero-order valence-electron chi connectivity index (χ0n) is 15.7. The van der Waals surface area contributed by atoms with Crippen LogP contribution in [0, 0.1) is 12.3 Å². The molecule has 1 aromatic heterocycles. The van der Waals surface area contributed by atoms with Crippen LogP contribution in [0.1, 0.15) is 57.1 Å². The number of aryl methyl sites for hydroxylation is 1. The van der Waals surface area contributed by atoms with Crippen molar-refractivity contribution in [2.75, 3.05) is 24.5 Å². The Balaban J connectivity index is 1.41. The maximum atomic E-state index is 12.6. The topological polar surface area (TPSA) is 69.6 Å². The molecule has 1 spiro atoms. The first-order valence-corrected chi connectivity index (χ1v) is 10.1. The minimum atomic E-state index is -0.167. The van der Waals surface area contributed by atoms with Gasteiger partial charge in [-0.3, -0.25) is 4.79 Å². The zero-order chi connectivity index (χ0) is 18.1. The van der Waals surface area contributed by atoms with E-state index in [4.69, 9.17) is 0 Å². The third-order valence-electron chi connectivity index (χ3n) is 6.74. The number of carbonyl (C=O) groups excluding carboxylic acids is 1. The van der Waals surface area contributed by atoms with E-state index in [1.54, 1.807) is 6.33 Å². The normalized spacial score (nSPS) is 29.2. The monoisotopic (exact) mass is 358 g/mol. The van der Waals surface area contributed by atoms with Gasteiger partial charge in [-0.05, 0) is 57.3 Å². The predicted octanol–water partition coefficient (Wildman–Crippen LogP) is 2.30. The largest absolute Gasteiger partial charge is 0.393 e. The molecule has 0 radical (unpaired) electrons. The molecule has 0 atom stereocenters. The van der Waals surface area contributed by atoms with E-state index in [0.717, 1.165) is 76.1 Å². The van der Waals surface area contributed by atoms with Gasteiger partial charge in [0.1, 0.15) is 12.1 Å². The highest BCUT2D eigenvalue weighted by molar-refractivity contribution is 5.77. The summed E-state index contributed by atoms with van der Waals surface area (Å²) in [7, 11) is 0. The Morgan fingerprint density at radius 2 is 1.85 bits per heavy atom. The molecule has 1 saturated carbocycles.